The van der Waals surface area contributed by atoms with E-state index in [1.807, 2.05) is 0 Å². The molecule has 1 heterocycles. The van der Waals surface area contributed by atoms with Crippen molar-refractivity contribution in [2.24, 2.45) is 0 Å². The Kier molecular flexibility index (Phi) is 1.71. The number of hydrogen-bond donors (Lipinski definition) is 1. The minimum Gasteiger partial charge on any atom is -0.398 e. The van der Waals surface area contributed by atoms with Crippen molar-refractivity contribution in [2.75, 3.05) is 5.73 Å². The Labute approximate surface area is 130 Å². The Hall–Kier alpha value is -2.50. The molecule has 2 N–H and O–H groups in total. The second-order valence-corrected chi connectivity index (χ2v) is 4.54. The van der Waals surface area contributed by atoms with Gasteiger partial charge in [-0.1, -0.05) is 6.07 Å². The van der Waals surface area contributed by atoms with Gasteiger partial charge in [-0.3, -0.25) is 19.0 Å². The molecule has 1 saturated carbocycles. The Morgan fingerprint density at radius 1 is 1.48 bits per heavy atom. The third-order valence-electron chi connectivity index (χ3n) is 3.19. The Balaban J connectivity index is 2.43. The van der Waals surface area contributed by atoms with E-state index < -0.39 is 55.1 Å². The summed E-state index contributed by atoms with van der Waals surface area (Å²) in [6, 6.07) is -1.44. The first kappa shape index (κ1) is 7.49. The number of aromatic nitrogens is 2. The largest absolute Gasteiger partial charge is 0.398 e. The molecule has 108 valence electrons. The minimum absolute atomic E-state index is 0.266. The standard InChI is InChI=1S/C15H15N3O3/c1-8-17-11-4-2-3-10(16)14(11)15(21)18(8)12-6-5-9(19)7-13(12)20/h2-4,12H,5-7,16H2,1H3/i1D2,3D,4D,5D2,6D. The highest BCUT2D eigenvalue weighted by Crippen LogP contribution is 2.24. The van der Waals surface area contributed by atoms with Crippen molar-refractivity contribution in [2.45, 2.75) is 32.1 Å². The molecule has 0 amide bonds. The summed E-state index contributed by atoms with van der Waals surface area (Å²) < 4.78 is 55.2. The van der Waals surface area contributed by atoms with Gasteiger partial charge in [0.15, 0.2) is 5.78 Å². The van der Waals surface area contributed by atoms with Crippen molar-refractivity contribution < 1.29 is 19.2 Å². The topological polar surface area (TPSA) is 95.0 Å². The number of aryl methyl sites for hydroxylation is 1. The van der Waals surface area contributed by atoms with E-state index >= 15 is 0 Å². The maximum Gasteiger partial charge on any atom is 0.264 e. The van der Waals surface area contributed by atoms with Crippen LogP contribution in [0.25, 0.3) is 10.9 Å². The number of carbonyl (C=O) groups is 2. The molecule has 1 fully saturated rings. The maximum atomic E-state index is 13.1. The fourth-order valence-corrected chi connectivity index (χ4v) is 2.22. The van der Waals surface area contributed by atoms with Crippen LogP contribution in [0.2, 0.25) is 0 Å². The summed E-state index contributed by atoms with van der Waals surface area (Å²) in [4.78, 5) is 41.3. The van der Waals surface area contributed by atoms with Crippen LogP contribution < -0.4 is 11.3 Å². The van der Waals surface area contributed by atoms with E-state index in [1.165, 1.54) is 0 Å². The average Bonchev–Trinajstić information content (AvgIpc) is 2.59. The normalized spacial score (nSPS) is 30.0. The number of fused-ring (bicyclic) bond motifs is 1. The van der Waals surface area contributed by atoms with Crippen LogP contribution >= 0.6 is 0 Å². The van der Waals surface area contributed by atoms with Gasteiger partial charge in [0.05, 0.1) is 26.1 Å². The lowest BCUT2D eigenvalue weighted by Crippen LogP contribution is -2.36. The highest BCUT2D eigenvalue weighted by molar-refractivity contribution is 6.03. The molecule has 1 aliphatic rings. The second-order valence-electron chi connectivity index (χ2n) is 4.54. The first-order valence-corrected chi connectivity index (χ1v) is 6.04. The quantitative estimate of drug-likeness (QED) is 0.628. The van der Waals surface area contributed by atoms with Gasteiger partial charge < -0.3 is 5.73 Å². The van der Waals surface area contributed by atoms with Gasteiger partial charge in [0.2, 0.25) is 0 Å². The number of Topliss-reactive ketones (excluding diaryl/α,β-unsaturated/α-hetero) is 2. The third-order valence-corrected chi connectivity index (χ3v) is 3.19. The Morgan fingerprint density at radius 3 is 3.05 bits per heavy atom. The number of nitrogens with two attached hydrogens (primary N) is 1. The number of benzene rings is 1. The lowest BCUT2D eigenvalue weighted by Gasteiger charge is -2.24. The molecule has 0 aliphatic heterocycles. The summed E-state index contributed by atoms with van der Waals surface area (Å²) in [7, 11) is 0. The van der Waals surface area contributed by atoms with Crippen LogP contribution in [-0.4, -0.2) is 21.1 Å². The molecule has 1 aromatic heterocycles. The van der Waals surface area contributed by atoms with Gasteiger partial charge in [0.25, 0.3) is 5.56 Å². The summed E-state index contributed by atoms with van der Waals surface area (Å²) >= 11 is 0. The summed E-state index contributed by atoms with van der Waals surface area (Å²) in [6.07, 6.45) is -5.59. The summed E-state index contributed by atoms with van der Waals surface area (Å²) in [6.45, 7) is -1.91. The zero-order valence-electron chi connectivity index (χ0n) is 17.7. The molecule has 6 nitrogen and oxygen atoms in total. The van der Waals surface area contributed by atoms with Crippen molar-refractivity contribution in [1.82, 2.24) is 9.55 Å². The molecule has 21 heavy (non-hydrogen) atoms. The molecule has 2 unspecified atom stereocenters. The van der Waals surface area contributed by atoms with Crippen molar-refractivity contribution in [3.63, 3.8) is 0 Å². The molecule has 3 rings (SSSR count). The number of nitrogens with zero attached hydrogens (tertiary/aromatic N) is 2. The molecule has 1 aliphatic carbocycles. The van der Waals surface area contributed by atoms with Crippen LogP contribution in [0.1, 0.15) is 40.7 Å². The summed E-state index contributed by atoms with van der Waals surface area (Å²) in [5, 5.41) is -0.389. The molecule has 1 aromatic carbocycles. The molecular weight excluding hydrogens is 270 g/mol. The minimum atomic E-state index is -2.73. The molecule has 2 atom stereocenters. The molecule has 0 spiro atoms. The molecule has 6 heteroatoms. The van der Waals surface area contributed by atoms with Gasteiger partial charge in [-0.05, 0) is 25.4 Å². The smallest absolute Gasteiger partial charge is 0.264 e. The predicted molar refractivity (Wildman–Crippen MR) is 78.1 cm³/mol. The number of rotatable bonds is 1. The lowest BCUT2D eigenvalue weighted by molar-refractivity contribution is -0.132. The second kappa shape index (κ2) is 4.80. The van der Waals surface area contributed by atoms with Crippen LogP contribution in [0.4, 0.5) is 5.69 Å². The van der Waals surface area contributed by atoms with Gasteiger partial charge in [-0.25, -0.2) is 4.98 Å². The van der Waals surface area contributed by atoms with E-state index in [0.717, 1.165) is 6.07 Å². The van der Waals surface area contributed by atoms with Crippen molar-refractivity contribution in [1.29, 1.82) is 0 Å². The number of ketones is 2. The summed E-state index contributed by atoms with van der Waals surface area (Å²) in [5.41, 5.74) is 4.12. The van der Waals surface area contributed by atoms with E-state index in [-0.39, 0.29) is 28.7 Å². The van der Waals surface area contributed by atoms with Crippen LogP contribution in [0.3, 0.4) is 0 Å². The van der Waals surface area contributed by atoms with Crippen molar-refractivity contribution >= 4 is 28.2 Å². The number of anilines is 1. The molecule has 0 saturated heterocycles. The van der Waals surface area contributed by atoms with Crippen LogP contribution in [0.15, 0.2) is 22.9 Å². The van der Waals surface area contributed by atoms with Crippen LogP contribution in [0, 0.1) is 6.88 Å². The molecule has 0 bridgehead atoms. The first-order valence-electron chi connectivity index (χ1n) is 9.77. The van der Waals surface area contributed by atoms with E-state index in [1.54, 1.807) is 0 Å². The monoisotopic (exact) mass is 292 g/mol. The third kappa shape index (κ3) is 2.12. The zero-order chi connectivity index (χ0) is 21.1. The molecule has 0 radical (unpaired) electrons. The van der Waals surface area contributed by atoms with E-state index in [2.05, 4.69) is 4.98 Å². The SMILES string of the molecule is [2H]c1cc([2H])c2nc(C([2H])[2H])n(C3C(=O)CC(=O)C([2H])([2H])C3[2H])c(=O)c2c1N. The van der Waals surface area contributed by atoms with Gasteiger partial charge in [-0.2, -0.15) is 0 Å². The average molecular weight is 292 g/mol. The van der Waals surface area contributed by atoms with Crippen LogP contribution in [0.5, 0.6) is 0 Å². The zero-order valence-corrected chi connectivity index (χ0v) is 10.7. The van der Waals surface area contributed by atoms with Crippen molar-refractivity contribution in [3.05, 3.63) is 34.3 Å². The van der Waals surface area contributed by atoms with Crippen molar-refractivity contribution in [3.8, 4) is 0 Å². The number of carbonyl (C=O) groups excluding carboxylic acids is 2. The highest BCUT2D eigenvalue weighted by atomic mass is 16.2. The van der Waals surface area contributed by atoms with Gasteiger partial charge in [0.1, 0.15) is 11.6 Å². The van der Waals surface area contributed by atoms with Crippen LogP contribution in [-0.2, 0) is 9.59 Å². The highest BCUT2D eigenvalue weighted by Gasteiger charge is 2.30. The van der Waals surface area contributed by atoms with E-state index in [4.69, 9.17) is 15.3 Å². The van der Waals surface area contributed by atoms with Gasteiger partial charge in [0, 0.05) is 18.9 Å². The molecular formula is C15H15N3O3. The number of hydrogen-bond acceptors (Lipinski definition) is 5. The Bertz CT molecular complexity index is 1080. The lowest BCUT2D eigenvalue weighted by atomic mass is 9.92. The first-order chi connectivity index (χ1) is 12.9. The number of nitrogen functional groups attached to an aromatic ring is 1. The molecule has 2 aromatic rings. The predicted octanol–water partition coefficient (Wildman–Crippen LogP) is 1.15. The fourth-order valence-electron chi connectivity index (χ4n) is 2.22. The maximum absolute atomic E-state index is 13.1. The Morgan fingerprint density at radius 2 is 2.29 bits per heavy atom. The fraction of sp³-hybridized carbons (Fsp3) is 0.333. The van der Waals surface area contributed by atoms with Gasteiger partial charge >= 0.3 is 0 Å². The van der Waals surface area contributed by atoms with E-state index in [9.17, 15) is 14.4 Å². The van der Waals surface area contributed by atoms with Gasteiger partial charge in [-0.15, -0.1) is 0 Å². The summed E-state index contributed by atoms with van der Waals surface area (Å²) in [5.74, 6) is -2.59. The van der Waals surface area contributed by atoms with E-state index in [0.29, 0.717) is 4.57 Å².